The van der Waals surface area contributed by atoms with Crippen LogP contribution < -0.4 is 9.62 Å². The number of ketones is 1. The molecule has 1 N–H and O–H groups in total. The summed E-state index contributed by atoms with van der Waals surface area (Å²) in [7, 11) is -3.76. The minimum Gasteiger partial charge on any atom is -0.377 e. The molecule has 0 aliphatic carbocycles. The maximum atomic E-state index is 12.6. The summed E-state index contributed by atoms with van der Waals surface area (Å²) < 4.78 is 33.4. The van der Waals surface area contributed by atoms with Crippen LogP contribution in [0.25, 0.3) is 0 Å². The summed E-state index contributed by atoms with van der Waals surface area (Å²) in [6, 6.07) is 13.8. The van der Waals surface area contributed by atoms with Crippen molar-refractivity contribution >= 4 is 27.2 Å². The number of benzene rings is 2. The number of ether oxygens (including phenoxy) is 1. The van der Waals surface area contributed by atoms with Gasteiger partial charge in [0.2, 0.25) is 0 Å². The van der Waals surface area contributed by atoms with E-state index in [4.69, 9.17) is 4.74 Å². The van der Waals surface area contributed by atoms with Gasteiger partial charge >= 0.3 is 0 Å². The number of hydrogen-bond acceptors (Lipinski definition) is 5. The molecule has 0 radical (unpaired) electrons. The van der Waals surface area contributed by atoms with Crippen LogP contribution in [0.5, 0.6) is 0 Å². The lowest BCUT2D eigenvalue weighted by atomic mass is 10.1. The van der Waals surface area contributed by atoms with Crippen molar-refractivity contribution in [1.82, 2.24) is 0 Å². The first-order chi connectivity index (χ1) is 12.8. The highest BCUT2D eigenvalue weighted by atomic mass is 32.2. The van der Waals surface area contributed by atoms with E-state index >= 15 is 0 Å². The van der Waals surface area contributed by atoms with Crippen molar-refractivity contribution in [2.24, 2.45) is 0 Å². The van der Waals surface area contributed by atoms with Crippen LogP contribution in [0.15, 0.2) is 53.4 Å². The molecule has 0 spiro atoms. The molecule has 1 aliphatic rings. The van der Waals surface area contributed by atoms with Gasteiger partial charge < -0.3 is 9.64 Å². The van der Waals surface area contributed by atoms with Crippen LogP contribution in [-0.2, 0) is 14.8 Å². The van der Waals surface area contributed by atoms with Gasteiger partial charge in [-0.2, -0.15) is 0 Å². The molecule has 27 heavy (non-hydrogen) atoms. The molecule has 0 amide bonds. The quantitative estimate of drug-likeness (QED) is 0.796. The molecular formula is C20H24N2O4S. The second-order valence-electron chi connectivity index (χ2n) is 6.88. The summed E-state index contributed by atoms with van der Waals surface area (Å²) in [6.45, 7) is 6.96. The Labute approximate surface area is 160 Å². The molecule has 2 aromatic carbocycles. The average Bonchev–Trinajstić information content (AvgIpc) is 2.63. The number of morpholine rings is 1. The summed E-state index contributed by atoms with van der Waals surface area (Å²) in [5.74, 6) is -0.176. The Morgan fingerprint density at radius 3 is 2.30 bits per heavy atom. The zero-order valence-corrected chi connectivity index (χ0v) is 16.5. The Morgan fingerprint density at radius 2 is 1.70 bits per heavy atom. The van der Waals surface area contributed by atoms with Gasteiger partial charge in [-0.1, -0.05) is 12.1 Å². The lowest BCUT2D eigenvalue weighted by Gasteiger charge is -2.40. The monoisotopic (exact) mass is 388 g/mol. The van der Waals surface area contributed by atoms with E-state index in [1.54, 1.807) is 24.3 Å². The number of rotatable bonds is 5. The van der Waals surface area contributed by atoms with Gasteiger partial charge in [0.1, 0.15) is 0 Å². The van der Waals surface area contributed by atoms with Crippen LogP contribution in [0.4, 0.5) is 11.4 Å². The SMILES string of the molecule is CC(=O)c1cccc(S(=O)(=O)Nc2ccc(N3C(C)COCC3C)cc2)c1. The van der Waals surface area contributed by atoms with Crippen LogP contribution in [0.3, 0.4) is 0 Å². The summed E-state index contributed by atoms with van der Waals surface area (Å²) in [5, 5.41) is 0. The summed E-state index contributed by atoms with van der Waals surface area (Å²) >= 11 is 0. The highest BCUT2D eigenvalue weighted by Crippen LogP contribution is 2.26. The summed E-state index contributed by atoms with van der Waals surface area (Å²) in [5.41, 5.74) is 1.86. The van der Waals surface area contributed by atoms with Gasteiger partial charge in [-0.15, -0.1) is 0 Å². The highest BCUT2D eigenvalue weighted by molar-refractivity contribution is 7.92. The first-order valence-electron chi connectivity index (χ1n) is 8.88. The molecule has 1 aliphatic heterocycles. The van der Waals surface area contributed by atoms with Crippen LogP contribution in [0, 0.1) is 0 Å². The van der Waals surface area contributed by atoms with E-state index < -0.39 is 10.0 Å². The van der Waals surface area contributed by atoms with Gasteiger partial charge in [0, 0.05) is 29.0 Å². The largest absolute Gasteiger partial charge is 0.377 e. The van der Waals surface area contributed by atoms with Crippen LogP contribution in [-0.4, -0.2) is 39.5 Å². The predicted molar refractivity (Wildman–Crippen MR) is 106 cm³/mol. The van der Waals surface area contributed by atoms with Crippen molar-refractivity contribution in [3.05, 3.63) is 54.1 Å². The maximum Gasteiger partial charge on any atom is 0.261 e. The topological polar surface area (TPSA) is 75.7 Å². The van der Waals surface area contributed by atoms with Crippen molar-refractivity contribution < 1.29 is 17.9 Å². The fourth-order valence-electron chi connectivity index (χ4n) is 3.31. The summed E-state index contributed by atoms with van der Waals surface area (Å²) in [6.07, 6.45) is 0. The van der Waals surface area contributed by atoms with E-state index in [9.17, 15) is 13.2 Å². The number of anilines is 2. The molecule has 2 unspecified atom stereocenters. The van der Waals surface area contributed by atoms with E-state index in [1.165, 1.54) is 19.1 Å². The van der Waals surface area contributed by atoms with Crippen molar-refractivity contribution in [2.75, 3.05) is 22.8 Å². The Balaban J connectivity index is 1.79. The lowest BCUT2D eigenvalue weighted by molar-refractivity contribution is 0.0757. The minimum atomic E-state index is -3.76. The fourth-order valence-corrected chi connectivity index (χ4v) is 4.42. The maximum absolute atomic E-state index is 12.6. The number of carbonyl (C=O) groups is 1. The van der Waals surface area contributed by atoms with Gasteiger partial charge in [-0.05, 0) is 57.2 Å². The Hall–Kier alpha value is -2.38. The Morgan fingerprint density at radius 1 is 1.07 bits per heavy atom. The third-order valence-electron chi connectivity index (χ3n) is 4.64. The molecule has 0 aromatic heterocycles. The zero-order chi connectivity index (χ0) is 19.6. The van der Waals surface area contributed by atoms with E-state index in [0.717, 1.165) is 5.69 Å². The zero-order valence-electron chi connectivity index (χ0n) is 15.7. The normalized spacial score (nSPS) is 20.3. The molecule has 1 fully saturated rings. The third kappa shape index (κ3) is 4.31. The van der Waals surface area contributed by atoms with Crippen LogP contribution >= 0.6 is 0 Å². The van der Waals surface area contributed by atoms with E-state index in [-0.39, 0.29) is 22.8 Å². The van der Waals surface area contributed by atoms with Gasteiger partial charge in [-0.3, -0.25) is 9.52 Å². The molecule has 2 atom stereocenters. The predicted octanol–water partition coefficient (Wildman–Crippen LogP) is 3.30. The smallest absolute Gasteiger partial charge is 0.261 e. The van der Waals surface area contributed by atoms with Crippen molar-refractivity contribution in [2.45, 2.75) is 37.8 Å². The Kier molecular flexibility index (Phi) is 5.53. The van der Waals surface area contributed by atoms with Crippen molar-refractivity contribution in [3.8, 4) is 0 Å². The number of nitrogens with zero attached hydrogens (tertiary/aromatic N) is 1. The van der Waals surface area contributed by atoms with Gasteiger partial charge in [0.25, 0.3) is 10.0 Å². The second kappa shape index (κ2) is 7.70. The second-order valence-corrected chi connectivity index (χ2v) is 8.56. The van der Waals surface area contributed by atoms with Crippen molar-refractivity contribution in [1.29, 1.82) is 0 Å². The molecule has 3 rings (SSSR count). The molecule has 1 saturated heterocycles. The van der Waals surface area contributed by atoms with Crippen LogP contribution in [0.1, 0.15) is 31.1 Å². The first kappa shape index (κ1) is 19.4. The summed E-state index contributed by atoms with van der Waals surface area (Å²) in [4.78, 5) is 13.8. The number of carbonyl (C=O) groups excluding carboxylic acids is 1. The molecular weight excluding hydrogens is 364 g/mol. The highest BCUT2D eigenvalue weighted by Gasteiger charge is 2.25. The molecule has 1 heterocycles. The number of sulfonamides is 1. The fraction of sp³-hybridized carbons (Fsp3) is 0.350. The third-order valence-corrected chi connectivity index (χ3v) is 6.02. The Bertz CT molecular complexity index is 915. The van der Waals surface area contributed by atoms with Gasteiger partial charge in [0.05, 0.1) is 18.1 Å². The standard InChI is InChI=1S/C20H24N2O4S/c1-14-12-26-13-15(2)22(14)19-9-7-18(8-10-19)21-27(24,25)20-6-4-5-17(11-20)16(3)23/h4-11,14-15,21H,12-13H2,1-3H3. The first-order valence-corrected chi connectivity index (χ1v) is 10.4. The van der Waals surface area contributed by atoms with Gasteiger partial charge in [0.15, 0.2) is 5.78 Å². The molecule has 0 bridgehead atoms. The molecule has 144 valence electrons. The average molecular weight is 388 g/mol. The van der Waals surface area contributed by atoms with E-state index in [0.29, 0.717) is 24.5 Å². The number of Topliss-reactive ketones (excluding diaryl/α,β-unsaturated/α-hetero) is 1. The van der Waals surface area contributed by atoms with Gasteiger partial charge in [-0.25, -0.2) is 8.42 Å². The molecule has 7 heteroatoms. The number of hydrogen-bond donors (Lipinski definition) is 1. The van der Waals surface area contributed by atoms with Crippen LogP contribution in [0.2, 0.25) is 0 Å². The lowest BCUT2D eigenvalue weighted by Crippen LogP contribution is -2.49. The molecule has 6 nitrogen and oxygen atoms in total. The van der Waals surface area contributed by atoms with E-state index in [1.807, 2.05) is 12.1 Å². The molecule has 2 aromatic rings. The molecule has 0 saturated carbocycles. The van der Waals surface area contributed by atoms with Crippen molar-refractivity contribution in [3.63, 3.8) is 0 Å². The van der Waals surface area contributed by atoms with E-state index in [2.05, 4.69) is 23.5 Å². The minimum absolute atomic E-state index is 0.0645. The number of nitrogens with one attached hydrogen (secondary N) is 1.